The molecule has 0 fully saturated rings. The molecule has 0 aliphatic heterocycles. The SMILES string of the molecule is CC[C@@H](C(=O)NC(C)C)N(Cc1ccc(Cl)cc1Cl)C(=O)CN(c1cccc(C(F)(F)F)c1)S(=O)(=O)c1ccc(C)cc1. The first-order chi connectivity index (χ1) is 20.0. The minimum atomic E-state index is -4.76. The van der Waals surface area contributed by atoms with Crippen molar-refractivity contribution < 1.29 is 31.2 Å². The summed E-state index contributed by atoms with van der Waals surface area (Å²) >= 11 is 12.4. The molecule has 13 heteroatoms. The standard InChI is InChI=1S/C30H32Cl2F3N3O4S/c1-5-27(29(40)36-19(2)3)37(17-21-11-12-23(31)16-26(21)32)28(39)18-38(24-8-6-7-22(15-24)30(33,34)35)43(41,42)25-13-9-20(4)10-14-25/h6-16,19,27H,5,17-18H2,1-4H3,(H,36,40)/t27-/m0/s1. The van der Waals surface area contributed by atoms with Crippen LogP contribution in [0.4, 0.5) is 18.9 Å². The van der Waals surface area contributed by atoms with Gasteiger partial charge in [0, 0.05) is 22.6 Å². The highest BCUT2D eigenvalue weighted by atomic mass is 35.5. The summed E-state index contributed by atoms with van der Waals surface area (Å²) < 4.78 is 69.3. The summed E-state index contributed by atoms with van der Waals surface area (Å²) in [4.78, 5) is 28.2. The molecule has 3 rings (SSSR count). The van der Waals surface area contributed by atoms with Crippen LogP contribution in [0.2, 0.25) is 10.0 Å². The van der Waals surface area contributed by atoms with Crippen LogP contribution in [0.25, 0.3) is 0 Å². The first-order valence-corrected chi connectivity index (χ1v) is 15.5. The van der Waals surface area contributed by atoms with Crippen molar-refractivity contribution in [2.75, 3.05) is 10.8 Å². The first-order valence-electron chi connectivity index (χ1n) is 13.3. The number of nitrogens with one attached hydrogen (secondary N) is 1. The van der Waals surface area contributed by atoms with Gasteiger partial charge in [0.05, 0.1) is 16.1 Å². The Kier molecular flexibility index (Phi) is 11.1. The van der Waals surface area contributed by atoms with E-state index >= 15 is 0 Å². The van der Waals surface area contributed by atoms with Crippen LogP contribution in [-0.2, 0) is 32.3 Å². The van der Waals surface area contributed by atoms with Crippen molar-refractivity contribution in [1.82, 2.24) is 10.2 Å². The highest BCUT2D eigenvalue weighted by Crippen LogP contribution is 2.34. The largest absolute Gasteiger partial charge is 0.416 e. The van der Waals surface area contributed by atoms with Gasteiger partial charge in [-0.3, -0.25) is 13.9 Å². The van der Waals surface area contributed by atoms with Gasteiger partial charge in [-0.2, -0.15) is 13.2 Å². The van der Waals surface area contributed by atoms with Crippen LogP contribution >= 0.6 is 23.2 Å². The zero-order valence-corrected chi connectivity index (χ0v) is 26.3. The van der Waals surface area contributed by atoms with Gasteiger partial charge in [-0.05, 0) is 75.2 Å². The first kappa shape index (κ1) is 34.2. The van der Waals surface area contributed by atoms with Crippen molar-refractivity contribution >= 4 is 50.7 Å². The number of benzene rings is 3. The minimum Gasteiger partial charge on any atom is -0.352 e. The highest BCUT2D eigenvalue weighted by Gasteiger charge is 2.36. The van der Waals surface area contributed by atoms with Crippen LogP contribution in [0, 0.1) is 6.92 Å². The molecule has 0 aliphatic carbocycles. The third-order valence-corrected chi connectivity index (χ3v) is 8.90. The molecule has 7 nitrogen and oxygen atoms in total. The Morgan fingerprint density at radius 2 is 1.63 bits per heavy atom. The molecule has 0 heterocycles. The number of aryl methyl sites for hydroxylation is 1. The van der Waals surface area contributed by atoms with E-state index in [1.165, 1.54) is 41.3 Å². The fourth-order valence-corrected chi connectivity index (χ4v) is 6.21. The predicted molar refractivity (Wildman–Crippen MR) is 162 cm³/mol. The quantitative estimate of drug-likeness (QED) is 0.244. The average Bonchev–Trinajstić information content (AvgIpc) is 2.92. The summed E-state index contributed by atoms with van der Waals surface area (Å²) in [6.45, 7) is 5.83. The number of nitrogens with zero attached hydrogens (tertiary/aromatic N) is 2. The van der Waals surface area contributed by atoms with Crippen molar-refractivity contribution in [2.24, 2.45) is 0 Å². The second-order valence-corrected chi connectivity index (χ2v) is 12.9. The topological polar surface area (TPSA) is 86.8 Å². The maximum absolute atomic E-state index is 14.1. The molecule has 0 saturated carbocycles. The Morgan fingerprint density at radius 1 is 0.977 bits per heavy atom. The minimum absolute atomic E-state index is 0.157. The molecule has 0 aliphatic rings. The van der Waals surface area contributed by atoms with Crippen molar-refractivity contribution in [1.29, 1.82) is 0 Å². The number of carbonyl (C=O) groups excluding carboxylic acids is 2. The molecule has 232 valence electrons. The number of hydrogen-bond donors (Lipinski definition) is 1. The third kappa shape index (κ3) is 8.64. The molecule has 1 atom stereocenters. The summed E-state index contributed by atoms with van der Waals surface area (Å²) in [7, 11) is -4.55. The van der Waals surface area contributed by atoms with E-state index in [1.807, 2.05) is 0 Å². The Labute approximate surface area is 259 Å². The van der Waals surface area contributed by atoms with E-state index in [4.69, 9.17) is 23.2 Å². The maximum Gasteiger partial charge on any atom is 0.416 e. The number of rotatable bonds is 11. The predicted octanol–water partition coefficient (Wildman–Crippen LogP) is 6.85. The monoisotopic (exact) mass is 657 g/mol. The van der Waals surface area contributed by atoms with Crippen molar-refractivity contribution in [3.05, 3.63) is 93.5 Å². The smallest absolute Gasteiger partial charge is 0.352 e. The lowest BCUT2D eigenvalue weighted by atomic mass is 10.1. The molecule has 3 aromatic rings. The van der Waals surface area contributed by atoms with Gasteiger partial charge in [-0.1, -0.05) is 60.0 Å². The van der Waals surface area contributed by atoms with E-state index in [9.17, 15) is 31.2 Å². The molecule has 2 amide bonds. The molecule has 1 N–H and O–H groups in total. The maximum atomic E-state index is 14.1. The summed E-state index contributed by atoms with van der Waals surface area (Å²) in [5.74, 6) is -1.31. The molecule has 0 saturated heterocycles. The van der Waals surface area contributed by atoms with Crippen molar-refractivity contribution in [2.45, 2.75) is 63.8 Å². The van der Waals surface area contributed by atoms with Gasteiger partial charge in [0.15, 0.2) is 0 Å². The Balaban J connectivity index is 2.15. The number of carbonyl (C=O) groups is 2. The van der Waals surface area contributed by atoms with E-state index < -0.39 is 46.2 Å². The lowest BCUT2D eigenvalue weighted by molar-refractivity contribution is -0.140. The number of hydrogen-bond acceptors (Lipinski definition) is 4. The summed E-state index contributed by atoms with van der Waals surface area (Å²) in [6, 6.07) is 12.7. The average molecular weight is 659 g/mol. The Morgan fingerprint density at radius 3 is 2.19 bits per heavy atom. The van der Waals surface area contributed by atoms with E-state index in [0.29, 0.717) is 21.0 Å². The zero-order valence-electron chi connectivity index (χ0n) is 24.0. The number of anilines is 1. The van der Waals surface area contributed by atoms with Crippen LogP contribution in [-0.4, -0.2) is 43.8 Å². The zero-order chi connectivity index (χ0) is 32.1. The molecular weight excluding hydrogens is 626 g/mol. The Bertz CT molecular complexity index is 1570. The molecular formula is C30H32Cl2F3N3O4S. The lowest BCUT2D eigenvalue weighted by Crippen LogP contribution is -2.53. The van der Waals surface area contributed by atoms with E-state index in [1.54, 1.807) is 39.8 Å². The molecule has 0 unspecified atom stereocenters. The van der Waals surface area contributed by atoms with E-state index in [-0.39, 0.29) is 34.6 Å². The van der Waals surface area contributed by atoms with Gasteiger partial charge < -0.3 is 10.2 Å². The van der Waals surface area contributed by atoms with Gasteiger partial charge >= 0.3 is 6.18 Å². The highest BCUT2D eigenvalue weighted by molar-refractivity contribution is 7.92. The van der Waals surface area contributed by atoms with E-state index in [0.717, 1.165) is 17.7 Å². The normalized spacial score (nSPS) is 12.6. The number of amides is 2. The van der Waals surface area contributed by atoms with Crippen molar-refractivity contribution in [3.63, 3.8) is 0 Å². The van der Waals surface area contributed by atoms with Crippen LogP contribution in [0.15, 0.2) is 71.6 Å². The second kappa shape index (κ2) is 14.0. The van der Waals surface area contributed by atoms with E-state index in [2.05, 4.69) is 5.32 Å². The number of alkyl halides is 3. The van der Waals surface area contributed by atoms with Crippen molar-refractivity contribution in [3.8, 4) is 0 Å². The van der Waals surface area contributed by atoms with Gasteiger partial charge in [0.2, 0.25) is 11.8 Å². The molecule has 43 heavy (non-hydrogen) atoms. The molecule has 0 aromatic heterocycles. The number of sulfonamides is 1. The third-order valence-electron chi connectivity index (χ3n) is 6.52. The second-order valence-electron chi connectivity index (χ2n) is 10.2. The van der Waals surface area contributed by atoms with Gasteiger partial charge in [-0.25, -0.2) is 8.42 Å². The molecule has 0 bridgehead atoms. The van der Waals surface area contributed by atoms with Crippen LogP contribution in [0.3, 0.4) is 0 Å². The van der Waals surface area contributed by atoms with Gasteiger partial charge in [0.25, 0.3) is 10.0 Å². The molecule has 0 radical (unpaired) electrons. The lowest BCUT2D eigenvalue weighted by Gasteiger charge is -2.34. The summed E-state index contributed by atoms with van der Waals surface area (Å²) in [6.07, 6.45) is -4.61. The molecule has 0 spiro atoms. The van der Waals surface area contributed by atoms with Crippen LogP contribution in [0.5, 0.6) is 0 Å². The summed E-state index contributed by atoms with van der Waals surface area (Å²) in [5, 5.41) is 3.32. The fraction of sp³-hybridized carbons (Fsp3) is 0.333. The fourth-order valence-electron chi connectivity index (χ4n) is 4.34. The van der Waals surface area contributed by atoms with Crippen LogP contribution in [0.1, 0.15) is 43.9 Å². The number of halogens is 5. The summed E-state index contributed by atoms with van der Waals surface area (Å²) in [5.41, 5.74) is -0.266. The van der Waals surface area contributed by atoms with Crippen LogP contribution < -0.4 is 9.62 Å². The Hall–Kier alpha value is -3.28. The van der Waals surface area contributed by atoms with Gasteiger partial charge in [-0.15, -0.1) is 0 Å². The molecule has 3 aromatic carbocycles. The van der Waals surface area contributed by atoms with Gasteiger partial charge in [0.1, 0.15) is 12.6 Å².